The summed E-state index contributed by atoms with van der Waals surface area (Å²) in [5.74, 6) is -3.18. The Morgan fingerprint density at radius 1 is 1.50 bits per heavy atom. The highest BCUT2D eigenvalue weighted by atomic mass is 35.5. The molecule has 1 atom stereocenters. The number of carboxylic acid groups (broad SMARTS) is 1. The second-order valence-electron chi connectivity index (χ2n) is 3.97. The van der Waals surface area contributed by atoms with Gasteiger partial charge in [-0.3, -0.25) is 4.79 Å². The van der Waals surface area contributed by atoms with Crippen LogP contribution in [-0.4, -0.2) is 34.2 Å². The number of amides is 1. The van der Waals surface area contributed by atoms with Crippen LogP contribution < -0.4 is 4.90 Å². The molecule has 1 saturated heterocycles. The summed E-state index contributed by atoms with van der Waals surface area (Å²) >= 11 is 5.58. The zero-order chi connectivity index (χ0) is 13.5. The fourth-order valence-corrected chi connectivity index (χ4v) is 1.98. The first-order valence-electron chi connectivity index (χ1n) is 5.09. The molecule has 1 aromatic carbocycles. The molecule has 2 N–H and O–H groups in total. The van der Waals surface area contributed by atoms with E-state index >= 15 is 0 Å². The van der Waals surface area contributed by atoms with Crippen molar-refractivity contribution in [1.29, 1.82) is 0 Å². The molecule has 0 saturated carbocycles. The average molecular weight is 274 g/mol. The Morgan fingerprint density at radius 3 is 2.67 bits per heavy atom. The Labute approximate surface area is 106 Å². The minimum absolute atomic E-state index is 0.0313. The first-order valence-corrected chi connectivity index (χ1v) is 5.47. The van der Waals surface area contributed by atoms with E-state index in [1.54, 1.807) is 0 Å². The van der Waals surface area contributed by atoms with Gasteiger partial charge in [-0.25, -0.2) is 9.18 Å². The number of carboxylic acids is 1. The smallest absolute Gasteiger partial charge is 0.345 e. The van der Waals surface area contributed by atoms with Gasteiger partial charge in [-0.2, -0.15) is 0 Å². The third-order valence-electron chi connectivity index (χ3n) is 2.86. The second-order valence-corrected chi connectivity index (χ2v) is 4.38. The third kappa shape index (κ3) is 1.83. The molecule has 1 fully saturated rings. The molecule has 1 amide bonds. The normalized spacial score (nSPS) is 23.5. The lowest BCUT2D eigenvalue weighted by Crippen LogP contribution is -2.46. The molecule has 7 heteroatoms. The van der Waals surface area contributed by atoms with Gasteiger partial charge in [-0.15, -0.1) is 0 Å². The van der Waals surface area contributed by atoms with E-state index in [0.717, 1.165) is 11.0 Å². The number of benzene rings is 1. The average Bonchev–Trinajstić information content (AvgIpc) is 2.61. The molecule has 0 unspecified atom stereocenters. The number of halogens is 2. The van der Waals surface area contributed by atoms with Crippen LogP contribution in [0, 0.1) is 5.82 Å². The van der Waals surface area contributed by atoms with Gasteiger partial charge in [0.05, 0.1) is 5.02 Å². The monoisotopic (exact) mass is 273 g/mol. The van der Waals surface area contributed by atoms with Crippen LogP contribution in [0.4, 0.5) is 10.1 Å². The standard InChI is InChI=1S/C11H9ClFNO4/c12-7-5-6(1-2-8(7)13)14-4-3-11(18,9(14)15)10(16)17/h1-2,5,18H,3-4H2,(H,16,17)/t11-/m0/s1. The van der Waals surface area contributed by atoms with Crippen molar-refractivity contribution in [2.24, 2.45) is 0 Å². The van der Waals surface area contributed by atoms with Crippen molar-refractivity contribution in [2.45, 2.75) is 12.0 Å². The Morgan fingerprint density at radius 2 is 2.17 bits per heavy atom. The molecule has 1 aromatic rings. The fraction of sp³-hybridized carbons (Fsp3) is 0.273. The maximum atomic E-state index is 13.0. The van der Waals surface area contributed by atoms with Crippen LogP contribution in [0.3, 0.4) is 0 Å². The lowest BCUT2D eigenvalue weighted by molar-refractivity contribution is -0.162. The summed E-state index contributed by atoms with van der Waals surface area (Å²) in [5, 5.41) is 18.3. The van der Waals surface area contributed by atoms with Gasteiger partial charge < -0.3 is 15.1 Å². The van der Waals surface area contributed by atoms with Crippen LogP contribution in [0.5, 0.6) is 0 Å². The zero-order valence-electron chi connectivity index (χ0n) is 9.06. The number of hydrogen-bond donors (Lipinski definition) is 2. The summed E-state index contributed by atoms with van der Waals surface area (Å²) in [6.45, 7) is 0.0313. The lowest BCUT2D eigenvalue weighted by Gasteiger charge is -2.19. The molecule has 2 rings (SSSR count). The molecular formula is C11H9ClFNO4. The highest BCUT2D eigenvalue weighted by Gasteiger charge is 2.52. The first kappa shape index (κ1) is 12.8. The minimum Gasteiger partial charge on any atom is -0.479 e. The number of hydrogen-bond acceptors (Lipinski definition) is 3. The predicted octanol–water partition coefficient (Wildman–Crippen LogP) is 1.03. The van der Waals surface area contributed by atoms with Crippen LogP contribution in [0.1, 0.15) is 6.42 Å². The molecule has 0 aliphatic carbocycles. The number of carbonyl (C=O) groups excluding carboxylic acids is 1. The van der Waals surface area contributed by atoms with Crippen molar-refractivity contribution >= 4 is 29.2 Å². The van der Waals surface area contributed by atoms with Crippen LogP contribution >= 0.6 is 11.6 Å². The number of nitrogens with zero attached hydrogens (tertiary/aromatic N) is 1. The van der Waals surface area contributed by atoms with E-state index in [9.17, 15) is 19.1 Å². The van der Waals surface area contributed by atoms with Crippen molar-refractivity contribution in [1.82, 2.24) is 0 Å². The lowest BCUT2D eigenvalue weighted by atomic mass is 10.0. The van der Waals surface area contributed by atoms with Crippen molar-refractivity contribution in [3.63, 3.8) is 0 Å². The Kier molecular flexibility index (Phi) is 3.00. The molecule has 1 aliphatic heterocycles. The van der Waals surface area contributed by atoms with Gasteiger partial charge in [0, 0.05) is 18.7 Å². The van der Waals surface area contributed by atoms with Gasteiger partial charge in [0.15, 0.2) is 0 Å². The fourth-order valence-electron chi connectivity index (χ4n) is 1.80. The summed E-state index contributed by atoms with van der Waals surface area (Å²) in [6.07, 6.45) is -0.226. The minimum atomic E-state index is -2.42. The van der Waals surface area contributed by atoms with Crippen LogP contribution in [0.15, 0.2) is 18.2 Å². The largest absolute Gasteiger partial charge is 0.479 e. The quantitative estimate of drug-likeness (QED) is 0.789. The zero-order valence-corrected chi connectivity index (χ0v) is 9.82. The van der Waals surface area contributed by atoms with Crippen LogP contribution in [0.25, 0.3) is 0 Å². The van der Waals surface area contributed by atoms with Crippen molar-refractivity contribution < 1.29 is 24.2 Å². The molecule has 1 aliphatic rings. The van der Waals surface area contributed by atoms with E-state index in [4.69, 9.17) is 16.7 Å². The van der Waals surface area contributed by atoms with Gasteiger partial charge >= 0.3 is 5.97 Å². The van der Waals surface area contributed by atoms with Gasteiger partial charge in [-0.1, -0.05) is 11.6 Å². The van der Waals surface area contributed by atoms with Crippen LogP contribution in [0.2, 0.25) is 5.02 Å². The second kappa shape index (κ2) is 4.22. The first-order chi connectivity index (χ1) is 8.36. The highest BCUT2D eigenvalue weighted by Crippen LogP contribution is 2.30. The highest BCUT2D eigenvalue weighted by molar-refractivity contribution is 6.31. The van der Waals surface area contributed by atoms with Gasteiger partial charge in [-0.05, 0) is 18.2 Å². The van der Waals surface area contributed by atoms with Crippen molar-refractivity contribution in [3.8, 4) is 0 Å². The molecule has 1 heterocycles. The van der Waals surface area contributed by atoms with E-state index in [1.807, 2.05) is 0 Å². The molecule has 18 heavy (non-hydrogen) atoms. The summed E-state index contributed by atoms with van der Waals surface area (Å²) in [4.78, 5) is 23.7. The van der Waals surface area contributed by atoms with E-state index in [0.29, 0.717) is 0 Å². The summed E-state index contributed by atoms with van der Waals surface area (Å²) in [7, 11) is 0. The van der Waals surface area contributed by atoms with Gasteiger partial charge in [0.2, 0.25) is 5.60 Å². The molecular weight excluding hydrogens is 265 g/mol. The number of anilines is 1. The van der Waals surface area contributed by atoms with E-state index in [-0.39, 0.29) is 23.7 Å². The third-order valence-corrected chi connectivity index (χ3v) is 3.15. The molecule has 0 spiro atoms. The van der Waals surface area contributed by atoms with E-state index in [1.165, 1.54) is 12.1 Å². The maximum absolute atomic E-state index is 13.0. The summed E-state index contributed by atoms with van der Waals surface area (Å²) in [6, 6.07) is 3.58. The van der Waals surface area contributed by atoms with Crippen molar-refractivity contribution in [2.75, 3.05) is 11.4 Å². The Balaban J connectivity index is 2.34. The van der Waals surface area contributed by atoms with E-state index < -0.39 is 23.3 Å². The molecule has 5 nitrogen and oxygen atoms in total. The molecule has 96 valence electrons. The molecule has 0 bridgehead atoms. The Bertz CT molecular complexity index is 536. The SMILES string of the molecule is O=C(O)[C@]1(O)CCN(c2ccc(F)c(Cl)c2)C1=O. The molecule has 0 radical (unpaired) electrons. The number of aliphatic carboxylic acids is 1. The Hall–Kier alpha value is -1.66. The topological polar surface area (TPSA) is 77.8 Å². The van der Waals surface area contributed by atoms with Crippen molar-refractivity contribution in [3.05, 3.63) is 29.0 Å². The molecule has 0 aromatic heterocycles. The number of rotatable bonds is 2. The maximum Gasteiger partial charge on any atom is 0.345 e. The van der Waals surface area contributed by atoms with Gasteiger partial charge in [0.1, 0.15) is 5.82 Å². The summed E-state index contributed by atoms with van der Waals surface area (Å²) in [5.41, 5.74) is -2.16. The predicted molar refractivity (Wildman–Crippen MR) is 61.0 cm³/mol. The van der Waals surface area contributed by atoms with Crippen LogP contribution in [-0.2, 0) is 9.59 Å². The number of aliphatic hydroxyl groups is 1. The van der Waals surface area contributed by atoms with E-state index in [2.05, 4.69) is 0 Å². The summed E-state index contributed by atoms with van der Waals surface area (Å²) < 4.78 is 13.0. The van der Waals surface area contributed by atoms with Gasteiger partial charge in [0.25, 0.3) is 5.91 Å². The number of carbonyl (C=O) groups is 2.